The Labute approximate surface area is 127 Å². The summed E-state index contributed by atoms with van der Waals surface area (Å²) in [6.07, 6.45) is 0.752. The zero-order valence-corrected chi connectivity index (χ0v) is 12.4. The summed E-state index contributed by atoms with van der Waals surface area (Å²) in [5.41, 5.74) is 8.01. The zero-order valence-electron chi connectivity index (χ0n) is 12.4. The van der Waals surface area contributed by atoms with Gasteiger partial charge in [-0.05, 0) is 26.0 Å². The van der Waals surface area contributed by atoms with Crippen molar-refractivity contribution < 1.29 is 9.50 Å². The summed E-state index contributed by atoms with van der Waals surface area (Å²) in [6.45, 7) is 4.22. The number of fused-ring (bicyclic) bond motifs is 1. The van der Waals surface area contributed by atoms with Crippen LogP contribution in [0.1, 0.15) is 23.7 Å². The quantitative estimate of drug-likeness (QED) is 0.889. The predicted octanol–water partition coefficient (Wildman–Crippen LogP) is 2.21. The van der Waals surface area contributed by atoms with Crippen molar-refractivity contribution in [3.63, 3.8) is 0 Å². The van der Waals surface area contributed by atoms with E-state index in [4.69, 9.17) is 5.73 Å². The van der Waals surface area contributed by atoms with Crippen molar-refractivity contribution in [3.05, 3.63) is 46.9 Å². The van der Waals surface area contributed by atoms with Gasteiger partial charge in [0.05, 0.1) is 5.69 Å². The molecule has 1 aliphatic heterocycles. The summed E-state index contributed by atoms with van der Waals surface area (Å²) in [7, 11) is 0. The molecular weight excluding hydrogens is 283 g/mol. The van der Waals surface area contributed by atoms with Crippen molar-refractivity contribution in [2.24, 2.45) is 0 Å². The standard InChI is InChI=1S/C16H17FN4O/c1-3-21-14-11(9(2)19-16(18)20-14)8-12(15(21)22)10-6-4-5-7-13(10)17/h4-8,15,22H,3H2,1-2H3,(H2,18,19,20). The van der Waals surface area contributed by atoms with E-state index in [0.717, 1.165) is 5.56 Å². The van der Waals surface area contributed by atoms with Crippen LogP contribution in [0, 0.1) is 12.7 Å². The number of nitrogens with zero attached hydrogens (tertiary/aromatic N) is 3. The van der Waals surface area contributed by atoms with E-state index in [1.807, 2.05) is 13.8 Å². The van der Waals surface area contributed by atoms with Crippen LogP contribution in [-0.4, -0.2) is 27.8 Å². The molecule has 1 atom stereocenters. The number of anilines is 2. The van der Waals surface area contributed by atoms with E-state index in [-0.39, 0.29) is 11.8 Å². The van der Waals surface area contributed by atoms with Crippen LogP contribution in [0.4, 0.5) is 16.2 Å². The molecule has 2 heterocycles. The van der Waals surface area contributed by atoms with Gasteiger partial charge < -0.3 is 15.7 Å². The molecule has 1 aliphatic rings. The maximum Gasteiger partial charge on any atom is 0.222 e. The third-order valence-electron chi connectivity index (χ3n) is 3.80. The highest BCUT2D eigenvalue weighted by Gasteiger charge is 2.30. The van der Waals surface area contributed by atoms with Crippen LogP contribution in [0.15, 0.2) is 24.3 Å². The molecular formula is C16H17FN4O. The Kier molecular flexibility index (Phi) is 3.54. The molecule has 0 aliphatic carbocycles. The average molecular weight is 300 g/mol. The van der Waals surface area contributed by atoms with Gasteiger partial charge in [0, 0.05) is 23.2 Å². The van der Waals surface area contributed by atoms with Crippen LogP contribution in [0.2, 0.25) is 0 Å². The molecule has 0 amide bonds. The number of nitrogens with two attached hydrogens (primary N) is 1. The lowest BCUT2D eigenvalue weighted by Gasteiger charge is -2.35. The van der Waals surface area contributed by atoms with Gasteiger partial charge in [-0.1, -0.05) is 18.2 Å². The Morgan fingerprint density at radius 1 is 1.32 bits per heavy atom. The highest BCUT2D eigenvalue weighted by Crippen LogP contribution is 2.36. The van der Waals surface area contributed by atoms with E-state index in [0.29, 0.717) is 29.2 Å². The first-order chi connectivity index (χ1) is 10.5. The van der Waals surface area contributed by atoms with E-state index >= 15 is 0 Å². The molecule has 0 spiro atoms. The number of hydrogen-bond acceptors (Lipinski definition) is 5. The van der Waals surface area contributed by atoms with Crippen molar-refractivity contribution >= 4 is 23.4 Å². The van der Waals surface area contributed by atoms with Crippen LogP contribution in [-0.2, 0) is 0 Å². The highest BCUT2D eigenvalue weighted by molar-refractivity contribution is 5.92. The normalized spacial score (nSPS) is 17.2. The van der Waals surface area contributed by atoms with Crippen molar-refractivity contribution in [1.29, 1.82) is 0 Å². The first-order valence-electron chi connectivity index (χ1n) is 7.08. The number of aliphatic hydroxyl groups excluding tert-OH is 1. The SMILES string of the molecule is CCN1c2nc(N)nc(C)c2C=C(c2ccccc2F)C1O. The van der Waals surface area contributed by atoms with Crippen LogP contribution in [0.3, 0.4) is 0 Å². The third-order valence-corrected chi connectivity index (χ3v) is 3.80. The molecule has 0 saturated carbocycles. The predicted molar refractivity (Wildman–Crippen MR) is 84.5 cm³/mol. The van der Waals surface area contributed by atoms with Gasteiger partial charge in [-0.2, -0.15) is 4.98 Å². The Bertz CT molecular complexity index is 760. The number of halogens is 1. The molecule has 3 rings (SSSR count). The van der Waals surface area contributed by atoms with Crippen LogP contribution < -0.4 is 10.6 Å². The molecule has 3 N–H and O–H groups in total. The van der Waals surface area contributed by atoms with Crippen LogP contribution in [0.25, 0.3) is 11.6 Å². The Morgan fingerprint density at radius 3 is 2.73 bits per heavy atom. The first-order valence-corrected chi connectivity index (χ1v) is 7.08. The maximum atomic E-state index is 14.1. The fourth-order valence-electron chi connectivity index (χ4n) is 2.72. The van der Waals surface area contributed by atoms with Gasteiger partial charge >= 0.3 is 0 Å². The van der Waals surface area contributed by atoms with Crippen LogP contribution >= 0.6 is 0 Å². The summed E-state index contributed by atoms with van der Waals surface area (Å²) < 4.78 is 14.1. The number of aliphatic hydroxyl groups is 1. The van der Waals surface area contributed by atoms with Gasteiger partial charge in [0.25, 0.3) is 0 Å². The first kappa shape index (κ1) is 14.5. The molecule has 2 aromatic rings. The Balaban J connectivity index is 2.24. The molecule has 5 nitrogen and oxygen atoms in total. The van der Waals surface area contributed by atoms with Gasteiger partial charge in [-0.25, -0.2) is 9.37 Å². The minimum Gasteiger partial charge on any atom is -0.369 e. The molecule has 0 saturated heterocycles. The lowest BCUT2D eigenvalue weighted by atomic mass is 9.96. The van der Waals surface area contributed by atoms with Gasteiger partial charge in [0.2, 0.25) is 5.95 Å². The molecule has 1 aromatic heterocycles. The number of hydrogen-bond donors (Lipinski definition) is 2. The third kappa shape index (κ3) is 2.21. The summed E-state index contributed by atoms with van der Waals surface area (Å²) in [5.74, 6) is 0.353. The molecule has 6 heteroatoms. The van der Waals surface area contributed by atoms with Crippen molar-refractivity contribution in [2.75, 3.05) is 17.2 Å². The van der Waals surface area contributed by atoms with E-state index < -0.39 is 6.23 Å². The molecule has 0 bridgehead atoms. The number of aromatic nitrogens is 2. The lowest BCUT2D eigenvalue weighted by molar-refractivity contribution is 0.225. The summed E-state index contributed by atoms with van der Waals surface area (Å²) in [6, 6.07) is 6.39. The highest BCUT2D eigenvalue weighted by atomic mass is 19.1. The van der Waals surface area contributed by atoms with E-state index in [9.17, 15) is 9.50 Å². The number of nitrogen functional groups attached to an aromatic ring is 1. The van der Waals surface area contributed by atoms with E-state index in [1.54, 1.807) is 29.2 Å². The number of benzene rings is 1. The lowest BCUT2D eigenvalue weighted by Crippen LogP contribution is -2.39. The monoisotopic (exact) mass is 300 g/mol. The van der Waals surface area contributed by atoms with Gasteiger partial charge in [0.15, 0.2) is 6.23 Å². The van der Waals surface area contributed by atoms with Gasteiger partial charge in [-0.15, -0.1) is 0 Å². The Hall–Kier alpha value is -2.47. The number of aryl methyl sites for hydroxylation is 1. The molecule has 0 radical (unpaired) electrons. The molecule has 114 valence electrons. The smallest absolute Gasteiger partial charge is 0.222 e. The largest absolute Gasteiger partial charge is 0.369 e. The second-order valence-electron chi connectivity index (χ2n) is 5.14. The number of likely N-dealkylation sites (N-methyl/N-ethyl adjacent to an activating group) is 1. The second kappa shape index (κ2) is 5.38. The van der Waals surface area contributed by atoms with E-state index in [1.165, 1.54) is 6.07 Å². The number of rotatable bonds is 2. The maximum absolute atomic E-state index is 14.1. The van der Waals surface area contributed by atoms with Crippen molar-refractivity contribution in [1.82, 2.24) is 9.97 Å². The minimum absolute atomic E-state index is 0.157. The van der Waals surface area contributed by atoms with Gasteiger partial charge in [0.1, 0.15) is 11.6 Å². The molecule has 1 unspecified atom stereocenters. The fourth-order valence-corrected chi connectivity index (χ4v) is 2.72. The molecule has 0 fully saturated rings. The fraction of sp³-hybridized carbons (Fsp3) is 0.250. The molecule has 22 heavy (non-hydrogen) atoms. The van der Waals surface area contributed by atoms with Crippen molar-refractivity contribution in [3.8, 4) is 0 Å². The van der Waals surface area contributed by atoms with Crippen LogP contribution in [0.5, 0.6) is 0 Å². The van der Waals surface area contributed by atoms with Gasteiger partial charge in [-0.3, -0.25) is 0 Å². The zero-order chi connectivity index (χ0) is 15.9. The summed E-state index contributed by atoms with van der Waals surface area (Å²) >= 11 is 0. The summed E-state index contributed by atoms with van der Waals surface area (Å²) in [4.78, 5) is 10.1. The minimum atomic E-state index is -0.983. The van der Waals surface area contributed by atoms with Crippen molar-refractivity contribution in [2.45, 2.75) is 20.1 Å². The van der Waals surface area contributed by atoms with E-state index in [2.05, 4.69) is 9.97 Å². The second-order valence-corrected chi connectivity index (χ2v) is 5.14. The average Bonchev–Trinajstić information content (AvgIpc) is 2.48. The topological polar surface area (TPSA) is 75.3 Å². The Morgan fingerprint density at radius 2 is 2.05 bits per heavy atom. The summed E-state index contributed by atoms with van der Waals surface area (Å²) in [5, 5.41) is 10.6. The molecule has 1 aromatic carbocycles.